The number of esters is 1. The highest BCUT2D eigenvalue weighted by molar-refractivity contribution is 5.84. The second kappa shape index (κ2) is 3.23. The molecule has 80 valence electrons. The van der Waals surface area contributed by atoms with Crippen molar-refractivity contribution in [2.75, 3.05) is 7.11 Å². The molecule has 0 bridgehead atoms. The van der Waals surface area contributed by atoms with Crippen molar-refractivity contribution in [3.8, 4) is 0 Å². The number of hydrogen-bond donors (Lipinski definition) is 0. The molecule has 1 atom stereocenters. The van der Waals surface area contributed by atoms with Gasteiger partial charge in [-0.05, 0) is 19.3 Å². The molecule has 2 aliphatic rings. The SMILES string of the molecule is CC[C@]1(C(=O)OC)OC12CCCCC2. The smallest absolute Gasteiger partial charge is 0.341 e. The Morgan fingerprint density at radius 1 is 1.36 bits per heavy atom. The topological polar surface area (TPSA) is 38.8 Å². The zero-order valence-corrected chi connectivity index (χ0v) is 8.97. The molecule has 3 heteroatoms. The molecule has 1 heterocycles. The van der Waals surface area contributed by atoms with Gasteiger partial charge in [-0.2, -0.15) is 0 Å². The van der Waals surface area contributed by atoms with Crippen LogP contribution in [-0.4, -0.2) is 24.3 Å². The van der Waals surface area contributed by atoms with Crippen LogP contribution < -0.4 is 0 Å². The predicted molar refractivity (Wildman–Crippen MR) is 51.9 cm³/mol. The van der Waals surface area contributed by atoms with E-state index in [4.69, 9.17) is 9.47 Å². The lowest BCUT2D eigenvalue weighted by atomic mass is 9.79. The normalized spacial score (nSPS) is 34.1. The Labute approximate surface area is 84.8 Å². The van der Waals surface area contributed by atoms with E-state index in [1.54, 1.807) is 0 Å². The lowest BCUT2D eigenvalue weighted by Crippen LogP contribution is -2.36. The van der Waals surface area contributed by atoms with Gasteiger partial charge in [-0.25, -0.2) is 4.79 Å². The van der Waals surface area contributed by atoms with Crippen LogP contribution in [0.5, 0.6) is 0 Å². The van der Waals surface area contributed by atoms with Gasteiger partial charge >= 0.3 is 5.97 Å². The summed E-state index contributed by atoms with van der Waals surface area (Å²) in [7, 11) is 1.44. The van der Waals surface area contributed by atoms with Gasteiger partial charge in [0.15, 0.2) is 5.60 Å². The Bertz CT molecular complexity index is 243. The van der Waals surface area contributed by atoms with Crippen LogP contribution in [0.3, 0.4) is 0 Å². The molecular weight excluding hydrogens is 180 g/mol. The van der Waals surface area contributed by atoms with Gasteiger partial charge in [0.2, 0.25) is 0 Å². The average molecular weight is 198 g/mol. The maximum Gasteiger partial charge on any atom is 0.341 e. The first-order valence-corrected chi connectivity index (χ1v) is 5.49. The number of epoxide rings is 1. The first-order chi connectivity index (χ1) is 6.71. The third-order valence-corrected chi connectivity index (χ3v) is 3.74. The van der Waals surface area contributed by atoms with Gasteiger partial charge in [-0.1, -0.05) is 26.2 Å². The molecule has 3 nitrogen and oxygen atoms in total. The van der Waals surface area contributed by atoms with Crippen molar-refractivity contribution in [1.82, 2.24) is 0 Å². The Balaban J connectivity index is 2.14. The number of ether oxygens (including phenoxy) is 2. The molecule has 1 saturated heterocycles. The highest BCUT2D eigenvalue weighted by Crippen LogP contribution is 2.58. The minimum Gasteiger partial charge on any atom is -0.467 e. The van der Waals surface area contributed by atoms with E-state index >= 15 is 0 Å². The summed E-state index contributed by atoms with van der Waals surface area (Å²) in [6.07, 6.45) is 6.41. The number of carbonyl (C=O) groups is 1. The monoisotopic (exact) mass is 198 g/mol. The maximum absolute atomic E-state index is 11.7. The van der Waals surface area contributed by atoms with Crippen LogP contribution in [0.15, 0.2) is 0 Å². The zero-order valence-electron chi connectivity index (χ0n) is 8.97. The molecule has 0 radical (unpaired) electrons. The first kappa shape index (κ1) is 9.97. The molecule has 0 aromatic carbocycles. The van der Waals surface area contributed by atoms with Crippen molar-refractivity contribution in [1.29, 1.82) is 0 Å². The van der Waals surface area contributed by atoms with Crippen molar-refractivity contribution < 1.29 is 14.3 Å². The number of carbonyl (C=O) groups excluding carboxylic acids is 1. The van der Waals surface area contributed by atoms with Gasteiger partial charge in [0.1, 0.15) is 5.60 Å². The van der Waals surface area contributed by atoms with E-state index in [1.807, 2.05) is 6.92 Å². The number of methoxy groups -OCH3 is 1. The molecular formula is C11H18O3. The van der Waals surface area contributed by atoms with Crippen LogP contribution in [0.4, 0.5) is 0 Å². The third-order valence-electron chi connectivity index (χ3n) is 3.74. The van der Waals surface area contributed by atoms with Gasteiger partial charge in [0.05, 0.1) is 7.11 Å². The van der Waals surface area contributed by atoms with Crippen molar-refractivity contribution in [2.45, 2.75) is 56.7 Å². The number of rotatable bonds is 2. The van der Waals surface area contributed by atoms with E-state index in [2.05, 4.69) is 0 Å². The molecule has 2 rings (SSSR count). The van der Waals surface area contributed by atoms with Crippen molar-refractivity contribution >= 4 is 5.97 Å². The van der Waals surface area contributed by atoms with Crippen LogP contribution in [0.2, 0.25) is 0 Å². The van der Waals surface area contributed by atoms with Crippen LogP contribution in [0, 0.1) is 0 Å². The second-order valence-corrected chi connectivity index (χ2v) is 4.33. The lowest BCUT2D eigenvalue weighted by molar-refractivity contribution is -0.147. The van der Waals surface area contributed by atoms with Gasteiger partial charge in [0.25, 0.3) is 0 Å². The van der Waals surface area contributed by atoms with E-state index in [0.717, 1.165) is 19.3 Å². The van der Waals surface area contributed by atoms with Crippen LogP contribution >= 0.6 is 0 Å². The average Bonchev–Trinajstić information content (AvgIpc) is 2.87. The minimum absolute atomic E-state index is 0.160. The summed E-state index contributed by atoms with van der Waals surface area (Å²) in [4.78, 5) is 11.7. The standard InChI is InChI=1S/C11H18O3/c1-3-11(9(12)13-2)10(14-11)7-5-4-6-8-10/h3-8H2,1-2H3/t11-/m1/s1. The molecule has 0 N–H and O–H groups in total. The Hall–Kier alpha value is -0.570. The van der Waals surface area contributed by atoms with Gasteiger partial charge in [0, 0.05) is 0 Å². The maximum atomic E-state index is 11.7. The van der Waals surface area contributed by atoms with Crippen LogP contribution in [0.25, 0.3) is 0 Å². The summed E-state index contributed by atoms with van der Waals surface area (Å²) >= 11 is 0. The molecule has 1 aliphatic carbocycles. The predicted octanol–water partition coefficient (Wildman–Crippen LogP) is 2.04. The summed E-state index contributed by atoms with van der Waals surface area (Å²) in [6, 6.07) is 0. The summed E-state index contributed by atoms with van der Waals surface area (Å²) in [6.45, 7) is 2.00. The molecule has 0 amide bonds. The minimum atomic E-state index is -0.595. The van der Waals surface area contributed by atoms with E-state index < -0.39 is 5.60 Å². The van der Waals surface area contributed by atoms with E-state index in [0.29, 0.717) is 0 Å². The van der Waals surface area contributed by atoms with Crippen molar-refractivity contribution in [3.05, 3.63) is 0 Å². The molecule has 0 aromatic rings. The Morgan fingerprint density at radius 2 is 2.00 bits per heavy atom. The molecule has 1 aliphatic heterocycles. The highest BCUT2D eigenvalue weighted by atomic mass is 16.7. The Morgan fingerprint density at radius 3 is 2.50 bits per heavy atom. The molecule has 14 heavy (non-hydrogen) atoms. The quantitative estimate of drug-likeness (QED) is 0.503. The van der Waals surface area contributed by atoms with Crippen LogP contribution in [0.1, 0.15) is 45.4 Å². The summed E-state index contributed by atoms with van der Waals surface area (Å²) in [5.41, 5.74) is -0.755. The number of hydrogen-bond acceptors (Lipinski definition) is 3. The van der Waals surface area contributed by atoms with Crippen molar-refractivity contribution in [3.63, 3.8) is 0 Å². The molecule has 1 saturated carbocycles. The lowest BCUT2D eigenvalue weighted by Gasteiger charge is -2.21. The fraction of sp³-hybridized carbons (Fsp3) is 0.909. The van der Waals surface area contributed by atoms with Crippen molar-refractivity contribution in [2.24, 2.45) is 0 Å². The van der Waals surface area contributed by atoms with Crippen LogP contribution in [-0.2, 0) is 14.3 Å². The fourth-order valence-electron chi connectivity index (χ4n) is 2.87. The molecule has 1 spiro atoms. The summed E-state index contributed by atoms with van der Waals surface area (Å²) in [5.74, 6) is -0.179. The summed E-state index contributed by atoms with van der Waals surface area (Å²) < 4.78 is 10.6. The molecule has 0 unspecified atom stereocenters. The molecule has 0 aromatic heterocycles. The highest BCUT2D eigenvalue weighted by Gasteiger charge is 2.73. The van der Waals surface area contributed by atoms with Gasteiger partial charge < -0.3 is 9.47 Å². The molecule has 2 fully saturated rings. The second-order valence-electron chi connectivity index (χ2n) is 4.33. The Kier molecular flexibility index (Phi) is 2.30. The largest absolute Gasteiger partial charge is 0.467 e. The summed E-state index contributed by atoms with van der Waals surface area (Å²) in [5, 5.41) is 0. The first-order valence-electron chi connectivity index (χ1n) is 5.49. The van der Waals surface area contributed by atoms with Gasteiger partial charge in [-0.15, -0.1) is 0 Å². The van der Waals surface area contributed by atoms with E-state index in [1.165, 1.54) is 26.4 Å². The van der Waals surface area contributed by atoms with E-state index in [-0.39, 0.29) is 11.6 Å². The van der Waals surface area contributed by atoms with Gasteiger partial charge in [-0.3, -0.25) is 0 Å². The fourth-order valence-corrected chi connectivity index (χ4v) is 2.87. The van der Waals surface area contributed by atoms with E-state index in [9.17, 15) is 4.79 Å². The zero-order chi connectivity index (χ0) is 10.2. The third kappa shape index (κ3) is 1.11.